The van der Waals surface area contributed by atoms with Gasteiger partial charge in [0.25, 0.3) is 11.5 Å². The second-order valence-corrected chi connectivity index (χ2v) is 8.61. The van der Waals surface area contributed by atoms with E-state index in [9.17, 15) is 14.4 Å². The molecule has 0 fully saturated rings. The van der Waals surface area contributed by atoms with Gasteiger partial charge in [-0.3, -0.25) is 19.1 Å². The molecule has 168 valence electrons. The van der Waals surface area contributed by atoms with Crippen molar-refractivity contribution < 1.29 is 9.59 Å². The van der Waals surface area contributed by atoms with E-state index in [0.29, 0.717) is 34.1 Å². The van der Waals surface area contributed by atoms with Crippen molar-refractivity contribution in [1.29, 1.82) is 0 Å². The summed E-state index contributed by atoms with van der Waals surface area (Å²) in [4.78, 5) is 38.9. The van der Waals surface area contributed by atoms with Crippen LogP contribution in [-0.2, 0) is 11.8 Å². The zero-order valence-electron chi connectivity index (χ0n) is 18.1. The molecule has 0 aliphatic heterocycles. The van der Waals surface area contributed by atoms with E-state index >= 15 is 0 Å². The molecule has 0 saturated carbocycles. The van der Waals surface area contributed by atoms with Gasteiger partial charge >= 0.3 is 0 Å². The van der Waals surface area contributed by atoms with E-state index in [-0.39, 0.29) is 11.2 Å². The van der Waals surface area contributed by atoms with E-state index in [1.165, 1.54) is 4.68 Å². The molecule has 0 bridgehead atoms. The number of nitrogens with one attached hydrogen (secondary N) is 2. The second-order valence-electron chi connectivity index (χ2n) is 7.21. The van der Waals surface area contributed by atoms with Gasteiger partial charge in [0, 0.05) is 7.05 Å². The van der Waals surface area contributed by atoms with Crippen molar-refractivity contribution in [3.63, 3.8) is 0 Å². The lowest BCUT2D eigenvalue weighted by atomic mass is 10.1. The van der Waals surface area contributed by atoms with Crippen molar-refractivity contribution in [2.75, 3.05) is 17.3 Å². The monoisotopic (exact) mass is 472 g/mol. The van der Waals surface area contributed by atoms with Crippen LogP contribution in [-0.4, -0.2) is 39.2 Å². The van der Waals surface area contributed by atoms with Gasteiger partial charge in [-0.1, -0.05) is 41.9 Å². The third-order valence-corrected chi connectivity index (χ3v) is 6.13. The maximum atomic E-state index is 13.1. The van der Waals surface area contributed by atoms with Gasteiger partial charge in [0.2, 0.25) is 5.91 Å². The summed E-state index contributed by atoms with van der Waals surface area (Å²) in [5, 5.41) is 5.80. The van der Waals surface area contributed by atoms with Crippen molar-refractivity contribution in [3.05, 3.63) is 81.2 Å². The molecule has 0 aliphatic rings. The van der Waals surface area contributed by atoms with E-state index in [1.807, 2.05) is 36.6 Å². The highest BCUT2D eigenvalue weighted by atomic mass is 35.5. The van der Waals surface area contributed by atoms with E-state index in [4.69, 9.17) is 11.6 Å². The fourth-order valence-corrected chi connectivity index (χ4v) is 4.00. The number of nitrogens with zero attached hydrogens (tertiary/aromatic N) is 2. The van der Waals surface area contributed by atoms with Crippen LogP contribution >= 0.6 is 23.4 Å². The molecule has 0 saturated heterocycles. The summed E-state index contributed by atoms with van der Waals surface area (Å²) in [6, 6.07) is 15.0. The summed E-state index contributed by atoms with van der Waals surface area (Å²) in [6.07, 6.45) is 2.33. The Morgan fingerprint density at radius 2 is 1.75 bits per heavy atom. The average Bonchev–Trinajstić information content (AvgIpc) is 3.00. The number of hydrogen-bond donors (Lipinski definition) is 2. The average molecular weight is 473 g/mol. The zero-order valence-corrected chi connectivity index (χ0v) is 19.7. The molecule has 9 heteroatoms. The van der Waals surface area contributed by atoms with Crippen LogP contribution in [0.1, 0.15) is 22.5 Å². The number of para-hydroxylation sites is 1. The quantitative estimate of drug-likeness (QED) is 0.524. The van der Waals surface area contributed by atoms with Crippen LogP contribution in [0.4, 0.5) is 5.69 Å². The molecule has 2 N–H and O–H groups in total. The van der Waals surface area contributed by atoms with Crippen molar-refractivity contribution in [2.24, 2.45) is 7.05 Å². The lowest BCUT2D eigenvalue weighted by Gasteiger charge is -2.18. The Morgan fingerprint density at radius 1 is 1.09 bits per heavy atom. The summed E-state index contributed by atoms with van der Waals surface area (Å²) in [6.45, 7) is 1.76. The lowest BCUT2D eigenvalue weighted by molar-refractivity contribution is -0.118. The Hall–Kier alpha value is -2.97. The fraction of sp³-hybridized carbons (Fsp3) is 0.261. The number of anilines is 1. The largest absolute Gasteiger partial charge is 0.340 e. The van der Waals surface area contributed by atoms with Gasteiger partial charge in [0.15, 0.2) is 0 Å². The summed E-state index contributed by atoms with van der Waals surface area (Å²) < 4.78 is 3.18. The fourth-order valence-electron chi connectivity index (χ4n) is 3.31. The molecule has 3 aromatic rings. The first-order valence-corrected chi connectivity index (χ1v) is 11.8. The smallest absolute Gasteiger partial charge is 0.295 e. The van der Waals surface area contributed by atoms with Crippen LogP contribution in [0.15, 0.2) is 59.4 Å². The third-order valence-electron chi connectivity index (χ3n) is 5.15. The predicted molar refractivity (Wildman–Crippen MR) is 130 cm³/mol. The summed E-state index contributed by atoms with van der Waals surface area (Å²) in [5.74, 6) is -0.239. The maximum Gasteiger partial charge on any atom is 0.295 e. The number of carbonyl (C=O) groups is 2. The molecular formula is C23H25ClN4O3S. The highest BCUT2D eigenvalue weighted by Crippen LogP contribution is 2.17. The van der Waals surface area contributed by atoms with Gasteiger partial charge in [-0.25, -0.2) is 4.68 Å². The molecule has 1 unspecified atom stereocenters. The third kappa shape index (κ3) is 5.08. The number of hydrogen-bond acceptors (Lipinski definition) is 4. The number of aromatic nitrogens is 2. The molecule has 0 radical (unpaired) electrons. The molecular weight excluding hydrogens is 448 g/mol. The van der Waals surface area contributed by atoms with Crippen LogP contribution in [0.25, 0.3) is 5.69 Å². The van der Waals surface area contributed by atoms with E-state index in [2.05, 4.69) is 10.6 Å². The molecule has 2 aromatic carbocycles. The predicted octanol–water partition coefficient (Wildman–Crippen LogP) is 3.63. The standard InChI is InChI=1S/C23H25ClN4O3S/c1-15-20(23(31)28(27(15)2)16-9-5-4-6-10-16)26-22(30)19(13-14-32-3)25-21(29)17-11-7-8-12-18(17)24/h4-12,19H,13-14H2,1-3H3,(H,25,29)(H,26,30). The summed E-state index contributed by atoms with van der Waals surface area (Å²) in [5.41, 5.74) is 1.43. The van der Waals surface area contributed by atoms with Crippen LogP contribution in [0.2, 0.25) is 5.02 Å². The highest BCUT2D eigenvalue weighted by Gasteiger charge is 2.25. The molecule has 1 atom stereocenters. The molecule has 1 heterocycles. The van der Waals surface area contributed by atoms with Gasteiger partial charge in [-0.2, -0.15) is 11.8 Å². The number of thioether (sulfide) groups is 1. The van der Waals surface area contributed by atoms with Crippen molar-refractivity contribution in [1.82, 2.24) is 14.7 Å². The van der Waals surface area contributed by atoms with Crippen molar-refractivity contribution in [2.45, 2.75) is 19.4 Å². The van der Waals surface area contributed by atoms with E-state index in [0.717, 1.165) is 0 Å². The normalized spacial score (nSPS) is 11.8. The minimum absolute atomic E-state index is 0.183. The minimum Gasteiger partial charge on any atom is -0.340 e. The summed E-state index contributed by atoms with van der Waals surface area (Å²) in [7, 11) is 1.75. The van der Waals surface area contributed by atoms with Gasteiger partial charge in [-0.15, -0.1) is 0 Å². The van der Waals surface area contributed by atoms with Gasteiger partial charge in [-0.05, 0) is 49.6 Å². The van der Waals surface area contributed by atoms with Crippen molar-refractivity contribution in [3.8, 4) is 5.69 Å². The minimum atomic E-state index is -0.824. The number of benzene rings is 2. The number of halogens is 1. The molecule has 0 aliphatic carbocycles. The van der Waals surface area contributed by atoms with Gasteiger partial charge in [0.05, 0.1) is 22.0 Å². The molecule has 0 spiro atoms. The maximum absolute atomic E-state index is 13.1. The number of carbonyl (C=O) groups excluding carboxylic acids is 2. The van der Waals surface area contributed by atoms with Crippen molar-refractivity contribution >= 4 is 40.9 Å². The molecule has 1 aromatic heterocycles. The summed E-state index contributed by atoms with van der Waals surface area (Å²) >= 11 is 7.69. The Labute approximate surface area is 195 Å². The number of amides is 2. The van der Waals surface area contributed by atoms with E-state index in [1.54, 1.807) is 54.7 Å². The van der Waals surface area contributed by atoms with Gasteiger partial charge < -0.3 is 10.6 Å². The first-order chi connectivity index (χ1) is 15.3. The van der Waals surface area contributed by atoms with Crippen LogP contribution in [0.5, 0.6) is 0 Å². The van der Waals surface area contributed by atoms with Gasteiger partial charge in [0.1, 0.15) is 11.7 Å². The molecule has 3 rings (SSSR count). The Morgan fingerprint density at radius 3 is 2.41 bits per heavy atom. The molecule has 7 nitrogen and oxygen atoms in total. The second kappa shape index (κ2) is 10.6. The number of rotatable bonds is 8. The van der Waals surface area contributed by atoms with Crippen LogP contribution in [0, 0.1) is 6.92 Å². The Bertz CT molecular complexity index is 1170. The van der Waals surface area contributed by atoms with Crippen LogP contribution in [0.3, 0.4) is 0 Å². The topological polar surface area (TPSA) is 85.1 Å². The molecule has 32 heavy (non-hydrogen) atoms. The zero-order chi connectivity index (χ0) is 23.3. The Balaban J connectivity index is 1.86. The molecule has 2 amide bonds. The first-order valence-electron chi connectivity index (χ1n) is 10.0. The first kappa shape index (κ1) is 23.7. The highest BCUT2D eigenvalue weighted by molar-refractivity contribution is 7.98. The van der Waals surface area contributed by atoms with E-state index < -0.39 is 17.9 Å². The van der Waals surface area contributed by atoms with Crippen LogP contribution < -0.4 is 16.2 Å². The SMILES string of the molecule is CSCCC(NC(=O)c1ccccc1Cl)C(=O)Nc1c(C)n(C)n(-c2ccccc2)c1=O. The Kier molecular flexibility index (Phi) is 7.82. The lowest BCUT2D eigenvalue weighted by Crippen LogP contribution is -2.44.